The highest BCUT2D eigenvalue weighted by Crippen LogP contribution is 2.18. The molecule has 2 heteroatoms. The lowest BCUT2D eigenvalue weighted by atomic mass is 10.1. The van der Waals surface area contributed by atoms with Crippen LogP contribution in [0.3, 0.4) is 0 Å². The van der Waals surface area contributed by atoms with Crippen molar-refractivity contribution < 1.29 is 9.47 Å². The Balaban J connectivity index is 2.00. The molecule has 0 N–H and O–H groups in total. The van der Waals surface area contributed by atoms with Crippen molar-refractivity contribution in [1.82, 2.24) is 0 Å². The molecule has 0 spiro atoms. The predicted molar refractivity (Wildman–Crippen MR) is 58.8 cm³/mol. The van der Waals surface area contributed by atoms with Crippen molar-refractivity contribution in [3.8, 4) is 18.1 Å². The minimum Gasteiger partial charge on any atom is -0.488 e. The van der Waals surface area contributed by atoms with E-state index in [4.69, 9.17) is 15.9 Å². The highest BCUT2D eigenvalue weighted by atomic mass is 16.5. The molecule has 0 aliphatic carbocycles. The van der Waals surface area contributed by atoms with Gasteiger partial charge < -0.3 is 9.47 Å². The minimum atomic E-state index is 0.173. The van der Waals surface area contributed by atoms with E-state index in [0.29, 0.717) is 6.61 Å². The number of terminal acetylenes is 1. The highest BCUT2D eigenvalue weighted by molar-refractivity contribution is 5.38. The molecule has 1 saturated heterocycles. The van der Waals surface area contributed by atoms with Gasteiger partial charge >= 0.3 is 0 Å². The lowest BCUT2D eigenvalue weighted by Crippen LogP contribution is -2.27. The second kappa shape index (κ2) is 4.86. The first-order chi connectivity index (χ1) is 7.38. The smallest absolute Gasteiger partial charge is 0.122 e. The third-order valence-corrected chi connectivity index (χ3v) is 2.42. The van der Waals surface area contributed by atoms with Crippen LogP contribution in [0.2, 0.25) is 0 Å². The number of ether oxygens (including phenoxy) is 2. The van der Waals surface area contributed by atoms with Crippen LogP contribution in [-0.4, -0.2) is 19.3 Å². The molecule has 0 saturated carbocycles. The molecule has 1 aromatic rings. The molecular formula is C13H14O2. The molecule has 2 rings (SSSR count). The Morgan fingerprint density at radius 1 is 1.47 bits per heavy atom. The number of benzene rings is 1. The summed E-state index contributed by atoms with van der Waals surface area (Å²) >= 11 is 0. The summed E-state index contributed by atoms with van der Waals surface area (Å²) in [5.41, 5.74) is 0.851. The van der Waals surface area contributed by atoms with Crippen molar-refractivity contribution >= 4 is 0 Å². The third-order valence-electron chi connectivity index (χ3n) is 2.42. The molecule has 1 unspecified atom stereocenters. The van der Waals surface area contributed by atoms with Crippen LogP contribution in [-0.2, 0) is 4.74 Å². The molecule has 1 atom stereocenters. The summed E-state index contributed by atoms with van der Waals surface area (Å²) in [6.45, 7) is 1.53. The Labute approximate surface area is 90.2 Å². The molecule has 0 aromatic heterocycles. The lowest BCUT2D eigenvalue weighted by molar-refractivity contribution is 0.00742. The van der Waals surface area contributed by atoms with Crippen LogP contribution in [0.5, 0.6) is 5.75 Å². The van der Waals surface area contributed by atoms with E-state index in [1.165, 1.54) is 0 Å². The zero-order valence-corrected chi connectivity index (χ0v) is 8.61. The van der Waals surface area contributed by atoms with Gasteiger partial charge in [0.15, 0.2) is 0 Å². The standard InChI is InChI=1S/C13H14O2/c1-2-11-5-3-6-12(9-11)15-13-7-4-8-14-10-13/h1,3,5-6,9,13H,4,7-8,10H2. The maximum atomic E-state index is 5.78. The molecule has 2 nitrogen and oxygen atoms in total. The van der Waals surface area contributed by atoms with Crippen molar-refractivity contribution in [3.63, 3.8) is 0 Å². The Kier molecular flexibility index (Phi) is 3.26. The maximum absolute atomic E-state index is 5.78. The first-order valence-electron chi connectivity index (χ1n) is 5.19. The quantitative estimate of drug-likeness (QED) is 0.685. The summed E-state index contributed by atoms with van der Waals surface area (Å²) in [7, 11) is 0. The van der Waals surface area contributed by atoms with E-state index < -0.39 is 0 Å². The molecule has 1 aliphatic rings. The summed E-state index contributed by atoms with van der Waals surface area (Å²) in [5, 5.41) is 0. The van der Waals surface area contributed by atoms with Crippen molar-refractivity contribution in [2.75, 3.05) is 13.2 Å². The maximum Gasteiger partial charge on any atom is 0.122 e. The van der Waals surface area contributed by atoms with Crippen LogP contribution in [0.15, 0.2) is 24.3 Å². The van der Waals surface area contributed by atoms with E-state index in [-0.39, 0.29) is 6.10 Å². The number of hydrogen-bond acceptors (Lipinski definition) is 2. The Morgan fingerprint density at radius 3 is 3.13 bits per heavy atom. The van der Waals surface area contributed by atoms with Gasteiger partial charge in [0.05, 0.1) is 6.61 Å². The van der Waals surface area contributed by atoms with Crippen molar-refractivity contribution in [2.24, 2.45) is 0 Å². The number of hydrogen-bond donors (Lipinski definition) is 0. The molecule has 15 heavy (non-hydrogen) atoms. The normalized spacial score (nSPS) is 20.6. The van der Waals surface area contributed by atoms with E-state index in [1.54, 1.807) is 0 Å². The van der Waals surface area contributed by atoms with Gasteiger partial charge in [-0.3, -0.25) is 0 Å². The second-order valence-corrected chi connectivity index (χ2v) is 3.63. The predicted octanol–water partition coefficient (Wildman–Crippen LogP) is 2.23. The Hall–Kier alpha value is -1.46. The summed E-state index contributed by atoms with van der Waals surface area (Å²) < 4.78 is 11.1. The van der Waals surface area contributed by atoms with Crippen LogP contribution < -0.4 is 4.74 Å². The van der Waals surface area contributed by atoms with Crippen LogP contribution in [0, 0.1) is 12.3 Å². The summed E-state index contributed by atoms with van der Waals surface area (Å²) in [6.07, 6.45) is 7.62. The van der Waals surface area contributed by atoms with Crippen LogP contribution in [0.25, 0.3) is 0 Å². The largest absolute Gasteiger partial charge is 0.488 e. The van der Waals surface area contributed by atoms with E-state index in [2.05, 4.69) is 5.92 Å². The van der Waals surface area contributed by atoms with Crippen LogP contribution >= 0.6 is 0 Å². The van der Waals surface area contributed by atoms with Gasteiger partial charge in [-0.15, -0.1) is 6.42 Å². The Morgan fingerprint density at radius 2 is 2.40 bits per heavy atom. The van der Waals surface area contributed by atoms with E-state index in [1.807, 2.05) is 24.3 Å². The zero-order valence-electron chi connectivity index (χ0n) is 8.61. The lowest BCUT2D eigenvalue weighted by Gasteiger charge is -2.23. The highest BCUT2D eigenvalue weighted by Gasteiger charge is 2.15. The van der Waals surface area contributed by atoms with Gasteiger partial charge in [-0.05, 0) is 31.0 Å². The summed E-state index contributed by atoms with van der Waals surface area (Å²) in [5.74, 6) is 3.43. The average molecular weight is 202 g/mol. The fourth-order valence-electron chi connectivity index (χ4n) is 1.66. The fraction of sp³-hybridized carbons (Fsp3) is 0.385. The molecule has 0 radical (unpaired) electrons. The van der Waals surface area contributed by atoms with E-state index >= 15 is 0 Å². The average Bonchev–Trinajstić information content (AvgIpc) is 2.31. The molecule has 0 amide bonds. The summed E-state index contributed by atoms with van der Waals surface area (Å²) in [4.78, 5) is 0. The van der Waals surface area contributed by atoms with Gasteiger partial charge in [-0.25, -0.2) is 0 Å². The van der Waals surface area contributed by atoms with Gasteiger partial charge in [0.2, 0.25) is 0 Å². The Bertz CT molecular complexity index is 359. The SMILES string of the molecule is C#Cc1cccc(OC2CCCOC2)c1. The molecule has 1 aliphatic heterocycles. The molecular weight excluding hydrogens is 188 g/mol. The van der Waals surface area contributed by atoms with Gasteiger partial charge in [0, 0.05) is 12.2 Å². The van der Waals surface area contributed by atoms with Crippen LogP contribution in [0.4, 0.5) is 0 Å². The van der Waals surface area contributed by atoms with Crippen LogP contribution in [0.1, 0.15) is 18.4 Å². The third kappa shape index (κ3) is 2.74. The zero-order chi connectivity index (χ0) is 10.5. The molecule has 78 valence electrons. The second-order valence-electron chi connectivity index (χ2n) is 3.63. The van der Waals surface area contributed by atoms with Crippen molar-refractivity contribution in [3.05, 3.63) is 29.8 Å². The summed E-state index contributed by atoms with van der Waals surface area (Å²) in [6, 6.07) is 7.61. The van der Waals surface area contributed by atoms with Gasteiger partial charge in [-0.2, -0.15) is 0 Å². The minimum absolute atomic E-state index is 0.173. The van der Waals surface area contributed by atoms with Gasteiger partial charge in [0.25, 0.3) is 0 Å². The monoisotopic (exact) mass is 202 g/mol. The topological polar surface area (TPSA) is 18.5 Å². The van der Waals surface area contributed by atoms with Gasteiger partial charge in [-0.1, -0.05) is 12.0 Å². The molecule has 1 fully saturated rings. The fourth-order valence-corrected chi connectivity index (χ4v) is 1.66. The van der Waals surface area contributed by atoms with E-state index in [9.17, 15) is 0 Å². The molecule has 1 aromatic carbocycles. The number of rotatable bonds is 2. The molecule has 0 bridgehead atoms. The first-order valence-corrected chi connectivity index (χ1v) is 5.19. The van der Waals surface area contributed by atoms with Crippen molar-refractivity contribution in [2.45, 2.75) is 18.9 Å². The van der Waals surface area contributed by atoms with Crippen molar-refractivity contribution in [1.29, 1.82) is 0 Å². The van der Waals surface area contributed by atoms with E-state index in [0.717, 1.165) is 30.8 Å². The first kappa shape index (κ1) is 10.1. The van der Waals surface area contributed by atoms with Gasteiger partial charge in [0.1, 0.15) is 11.9 Å². The molecule has 1 heterocycles.